The predicted octanol–water partition coefficient (Wildman–Crippen LogP) is 5.36. The third-order valence-electron chi connectivity index (χ3n) is 6.24. The van der Waals surface area contributed by atoms with E-state index >= 15 is 0 Å². The largest absolute Gasteiger partial charge is 0.454 e. The van der Waals surface area contributed by atoms with Crippen LogP contribution in [0.25, 0.3) is 0 Å². The van der Waals surface area contributed by atoms with Gasteiger partial charge in [0, 0.05) is 23.2 Å². The normalized spacial score (nSPS) is 16.6. The summed E-state index contributed by atoms with van der Waals surface area (Å²) in [5, 5.41) is 3.18. The molecule has 2 amide bonds. The van der Waals surface area contributed by atoms with Gasteiger partial charge in [0.05, 0.1) is 0 Å². The Morgan fingerprint density at radius 3 is 2.50 bits per heavy atom. The van der Waals surface area contributed by atoms with Gasteiger partial charge in [-0.05, 0) is 42.7 Å². The summed E-state index contributed by atoms with van der Waals surface area (Å²) in [5.74, 6) is -0.474. The fraction of sp³-hybridized carbons (Fsp3) is 0.440. The minimum absolute atomic E-state index is 0.00946. The van der Waals surface area contributed by atoms with Gasteiger partial charge in [-0.25, -0.2) is 4.39 Å². The number of rotatable bonds is 7. The maximum atomic E-state index is 13.8. The molecule has 2 aliphatic rings. The molecule has 0 aromatic heterocycles. The monoisotopic (exact) mass is 508 g/mol. The van der Waals surface area contributed by atoms with Gasteiger partial charge in [0.15, 0.2) is 11.5 Å². The van der Waals surface area contributed by atoms with Crippen molar-refractivity contribution in [3.8, 4) is 11.5 Å². The van der Waals surface area contributed by atoms with Crippen molar-refractivity contribution in [1.29, 1.82) is 0 Å². The highest BCUT2D eigenvalue weighted by Gasteiger charge is 2.34. The predicted molar refractivity (Wildman–Crippen MR) is 128 cm³/mol. The molecule has 1 atom stereocenters. The Morgan fingerprint density at radius 2 is 1.79 bits per heavy atom. The van der Waals surface area contributed by atoms with Gasteiger partial charge in [-0.3, -0.25) is 9.59 Å². The first-order valence-electron chi connectivity index (χ1n) is 11.5. The number of benzene rings is 2. The molecule has 34 heavy (non-hydrogen) atoms. The fourth-order valence-corrected chi connectivity index (χ4v) is 4.94. The number of halogens is 3. The van der Waals surface area contributed by atoms with Crippen LogP contribution in [0.4, 0.5) is 4.39 Å². The standard InChI is InChI=1S/C25H27Cl2FN2O4/c26-13-23(31)30(14-16-7-10-21-22(11-16)34-15-33-21)24(19-9-8-17(28)12-20(19)27)25(32)29-18-5-3-1-2-4-6-18/h7-12,18,24H,1-6,13-15H2,(H,29,32)/t24-/m0/s1. The third-order valence-corrected chi connectivity index (χ3v) is 6.80. The Kier molecular flexibility index (Phi) is 8.16. The SMILES string of the molecule is O=C(NC1CCCCCC1)[C@H](c1ccc(F)cc1Cl)N(Cc1ccc2c(c1)OCO2)C(=O)CCl. The van der Waals surface area contributed by atoms with E-state index < -0.39 is 17.8 Å². The topological polar surface area (TPSA) is 67.9 Å². The van der Waals surface area contributed by atoms with Crippen LogP contribution in [-0.4, -0.2) is 35.4 Å². The van der Waals surface area contributed by atoms with Gasteiger partial charge in [-0.1, -0.05) is 49.4 Å². The van der Waals surface area contributed by atoms with Crippen LogP contribution in [0.15, 0.2) is 36.4 Å². The average Bonchev–Trinajstić information content (AvgIpc) is 3.14. The number of hydrogen-bond donors (Lipinski definition) is 1. The highest BCUT2D eigenvalue weighted by atomic mass is 35.5. The van der Waals surface area contributed by atoms with Crippen LogP contribution in [0.5, 0.6) is 11.5 Å². The van der Waals surface area contributed by atoms with Crippen molar-refractivity contribution in [2.24, 2.45) is 0 Å². The summed E-state index contributed by atoms with van der Waals surface area (Å²) in [6.07, 6.45) is 6.10. The smallest absolute Gasteiger partial charge is 0.247 e. The minimum atomic E-state index is -1.08. The first-order valence-corrected chi connectivity index (χ1v) is 12.4. The summed E-state index contributed by atoms with van der Waals surface area (Å²) in [4.78, 5) is 28.1. The molecule has 1 aliphatic heterocycles. The average molecular weight is 509 g/mol. The Hall–Kier alpha value is -2.51. The number of carbonyl (C=O) groups is 2. The highest BCUT2D eigenvalue weighted by Crippen LogP contribution is 2.35. The van der Waals surface area contributed by atoms with Gasteiger partial charge in [0.1, 0.15) is 17.7 Å². The van der Waals surface area contributed by atoms with E-state index in [9.17, 15) is 14.0 Å². The second-order valence-corrected chi connectivity index (χ2v) is 9.28. The first-order chi connectivity index (χ1) is 16.5. The highest BCUT2D eigenvalue weighted by molar-refractivity contribution is 6.31. The Morgan fingerprint density at radius 1 is 1.06 bits per heavy atom. The molecule has 182 valence electrons. The molecule has 2 aromatic carbocycles. The molecule has 4 rings (SSSR count). The molecule has 1 fully saturated rings. The summed E-state index contributed by atoms with van der Waals surface area (Å²) in [6.45, 7) is 0.208. The molecular formula is C25H27Cl2FN2O4. The van der Waals surface area contributed by atoms with Crippen molar-refractivity contribution in [3.05, 3.63) is 58.4 Å². The van der Waals surface area contributed by atoms with Crippen molar-refractivity contribution in [2.75, 3.05) is 12.7 Å². The van der Waals surface area contributed by atoms with E-state index in [1.165, 1.54) is 17.0 Å². The van der Waals surface area contributed by atoms with Crippen LogP contribution in [-0.2, 0) is 16.1 Å². The summed E-state index contributed by atoms with van der Waals surface area (Å²) >= 11 is 12.3. The molecule has 6 nitrogen and oxygen atoms in total. The van der Waals surface area contributed by atoms with E-state index in [2.05, 4.69) is 5.32 Å². The maximum absolute atomic E-state index is 13.8. The Bertz CT molecular complexity index is 1040. The molecule has 9 heteroatoms. The van der Waals surface area contributed by atoms with Gasteiger partial charge in [0.2, 0.25) is 18.6 Å². The van der Waals surface area contributed by atoms with Crippen LogP contribution < -0.4 is 14.8 Å². The molecular weight excluding hydrogens is 482 g/mol. The van der Waals surface area contributed by atoms with Crippen molar-refractivity contribution < 1.29 is 23.5 Å². The summed E-state index contributed by atoms with van der Waals surface area (Å²) in [7, 11) is 0. The van der Waals surface area contributed by atoms with Crippen molar-refractivity contribution in [3.63, 3.8) is 0 Å². The lowest BCUT2D eigenvalue weighted by molar-refractivity contribution is -0.140. The van der Waals surface area contributed by atoms with Crippen molar-refractivity contribution in [2.45, 2.75) is 57.2 Å². The molecule has 1 aliphatic carbocycles. The zero-order valence-electron chi connectivity index (χ0n) is 18.7. The van der Waals surface area contributed by atoms with E-state index in [1.54, 1.807) is 18.2 Å². The number of alkyl halides is 1. The fourth-order valence-electron chi connectivity index (χ4n) is 4.51. The number of carbonyl (C=O) groups excluding carboxylic acids is 2. The van der Waals surface area contributed by atoms with Crippen LogP contribution in [0, 0.1) is 5.82 Å². The summed E-state index contributed by atoms with van der Waals surface area (Å²) < 4.78 is 24.6. The Labute approximate surface area is 208 Å². The molecule has 1 heterocycles. The van der Waals surface area contributed by atoms with Crippen LogP contribution in [0.3, 0.4) is 0 Å². The number of amides is 2. The number of nitrogens with one attached hydrogen (secondary N) is 1. The second-order valence-electron chi connectivity index (χ2n) is 8.61. The number of hydrogen-bond acceptors (Lipinski definition) is 4. The number of nitrogens with zero attached hydrogens (tertiary/aromatic N) is 1. The summed E-state index contributed by atoms with van der Waals surface area (Å²) in [6, 6.07) is 8.08. The molecule has 2 aromatic rings. The van der Waals surface area contributed by atoms with E-state index in [-0.39, 0.29) is 36.2 Å². The molecule has 0 spiro atoms. The van der Waals surface area contributed by atoms with Crippen LogP contribution in [0.1, 0.15) is 55.7 Å². The quantitative estimate of drug-likeness (QED) is 0.404. The van der Waals surface area contributed by atoms with Crippen LogP contribution >= 0.6 is 23.2 Å². The van der Waals surface area contributed by atoms with E-state index in [0.29, 0.717) is 17.1 Å². The van der Waals surface area contributed by atoms with Crippen molar-refractivity contribution in [1.82, 2.24) is 10.2 Å². The first kappa shape index (κ1) is 24.6. The van der Waals surface area contributed by atoms with Gasteiger partial charge in [-0.15, -0.1) is 11.6 Å². The molecule has 1 N–H and O–H groups in total. The van der Waals surface area contributed by atoms with Crippen molar-refractivity contribution >= 4 is 35.0 Å². The molecule has 0 saturated heterocycles. The van der Waals surface area contributed by atoms with Gasteiger partial charge >= 0.3 is 0 Å². The van der Waals surface area contributed by atoms with Gasteiger partial charge < -0.3 is 19.7 Å². The lowest BCUT2D eigenvalue weighted by Gasteiger charge is -2.33. The minimum Gasteiger partial charge on any atom is -0.454 e. The molecule has 0 radical (unpaired) electrons. The van der Waals surface area contributed by atoms with Gasteiger partial charge in [0.25, 0.3) is 0 Å². The lowest BCUT2D eigenvalue weighted by Crippen LogP contribution is -2.46. The van der Waals surface area contributed by atoms with E-state index in [4.69, 9.17) is 32.7 Å². The van der Waals surface area contributed by atoms with E-state index in [1.807, 2.05) is 0 Å². The number of fused-ring (bicyclic) bond motifs is 1. The molecule has 0 unspecified atom stereocenters. The molecule has 0 bridgehead atoms. The summed E-state index contributed by atoms with van der Waals surface area (Å²) in [5.41, 5.74) is 1.07. The maximum Gasteiger partial charge on any atom is 0.247 e. The zero-order chi connectivity index (χ0) is 24.1. The van der Waals surface area contributed by atoms with Gasteiger partial charge in [-0.2, -0.15) is 0 Å². The number of ether oxygens (including phenoxy) is 2. The molecule has 1 saturated carbocycles. The Balaban J connectivity index is 1.68. The van der Waals surface area contributed by atoms with Crippen LogP contribution in [0.2, 0.25) is 5.02 Å². The lowest BCUT2D eigenvalue weighted by atomic mass is 10.0. The second kappa shape index (κ2) is 11.3. The third kappa shape index (κ3) is 5.76. The van der Waals surface area contributed by atoms with E-state index in [0.717, 1.165) is 50.2 Å². The zero-order valence-corrected chi connectivity index (χ0v) is 20.2.